The number of rotatable bonds is 2. The van der Waals surface area contributed by atoms with Crippen LogP contribution in [0.2, 0.25) is 0 Å². The highest BCUT2D eigenvalue weighted by molar-refractivity contribution is 7.18. The van der Waals surface area contributed by atoms with Crippen LogP contribution in [0, 0.1) is 0 Å². The molecule has 0 N–H and O–H groups in total. The lowest BCUT2D eigenvalue weighted by Crippen LogP contribution is -2.26. The molecule has 4 rings (SSSR count). The second kappa shape index (κ2) is 5.35. The highest BCUT2D eigenvalue weighted by atomic mass is 32.1. The lowest BCUT2D eigenvalue weighted by Gasteiger charge is -2.23. The maximum Gasteiger partial charge on any atom is 0.321 e. The summed E-state index contributed by atoms with van der Waals surface area (Å²) in [6, 6.07) is 14.0. The molecule has 3 aromatic rings. The third kappa shape index (κ3) is 2.47. The Morgan fingerprint density at radius 1 is 1.22 bits per heavy atom. The van der Waals surface area contributed by atoms with Gasteiger partial charge in [-0.2, -0.15) is 0 Å². The van der Waals surface area contributed by atoms with Gasteiger partial charge in [-0.1, -0.05) is 18.2 Å². The Bertz CT molecular complexity index is 868. The summed E-state index contributed by atoms with van der Waals surface area (Å²) in [5.74, 6) is 0.135. The van der Waals surface area contributed by atoms with E-state index in [1.807, 2.05) is 61.5 Å². The number of hydrogen-bond acceptors (Lipinski definition) is 5. The minimum atomic E-state index is -0.315. The van der Waals surface area contributed by atoms with Crippen molar-refractivity contribution in [3.8, 4) is 5.75 Å². The molecule has 0 saturated heterocycles. The molecule has 1 aromatic heterocycles. The van der Waals surface area contributed by atoms with Crippen LogP contribution in [0.3, 0.4) is 0 Å². The van der Waals surface area contributed by atoms with Gasteiger partial charge in [0, 0.05) is 25.8 Å². The molecule has 0 spiro atoms. The average molecular weight is 324 g/mol. The van der Waals surface area contributed by atoms with Crippen molar-refractivity contribution in [2.75, 3.05) is 19.0 Å². The smallest absolute Gasteiger partial charge is 0.321 e. The monoisotopic (exact) mass is 324 g/mol. The zero-order valence-electron chi connectivity index (χ0n) is 12.9. The lowest BCUT2D eigenvalue weighted by molar-refractivity contribution is -0.137. The quantitative estimate of drug-likeness (QED) is 0.533. The first-order chi connectivity index (χ1) is 11.1. The normalized spacial score (nSPS) is 17.0. The number of esters is 1. The van der Waals surface area contributed by atoms with Gasteiger partial charge in [-0.05, 0) is 30.2 Å². The van der Waals surface area contributed by atoms with Crippen LogP contribution in [0.5, 0.6) is 5.75 Å². The summed E-state index contributed by atoms with van der Waals surface area (Å²) in [6.45, 7) is 0. The van der Waals surface area contributed by atoms with Gasteiger partial charge < -0.3 is 9.64 Å². The van der Waals surface area contributed by atoms with E-state index < -0.39 is 0 Å². The lowest BCUT2D eigenvalue weighted by atomic mass is 9.96. The first-order valence-corrected chi connectivity index (χ1v) is 8.31. The Labute approximate surface area is 138 Å². The summed E-state index contributed by atoms with van der Waals surface area (Å²) < 4.78 is 6.69. The van der Waals surface area contributed by atoms with Crippen LogP contribution in [-0.4, -0.2) is 25.0 Å². The number of para-hydroxylation sites is 1. The molecule has 2 aromatic carbocycles. The predicted octanol–water partition coefficient (Wildman–Crippen LogP) is 3.61. The van der Waals surface area contributed by atoms with Crippen LogP contribution in [0.4, 0.5) is 5.69 Å². The topological polar surface area (TPSA) is 42.4 Å². The summed E-state index contributed by atoms with van der Waals surface area (Å²) in [7, 11) is 3.94. The van der Waals surface area contributed by atoms with Gasteiger partial charge >= 0.3 is 5.97 Å². The Hall–Kier alpha value is -2.40. The van der Waals surface area contributed by atoms with E-state index in [-0.39, 0.29) is 11.9 Å². The summed E-state index contributed by atoms with van der Waals surface area (Å²) in [5, 5.41) is 0.832. The van der Waals surface area contributed by atoms with Gasteiger partial charge in [0.1, 0.15) is 16.7 Å². The number of aromatic nitrogens is 1. The molecular weight excluding hydrogens is 308 g/mol. The molecule has 1 aliphatic rings. The molecule has 5 heteroatoms. The largest absolute Gasteiger partial charge is 0.426 e. The first-order valence-electron chi connectivity index (χ1n) is 7.49. The molecule has 0 radical (unpaired) electrons. The Balaban J connectivity index is 1.70. The van der Waals surface area contributed by atoms with Crippen molar-refractivity contribution in [1.29, 1.82) is 0 Å². The van der Waals surface area contributed by atoms with Gasteiger partial charge in [0.2, 0.25) is 0 Å². The first kappa shape index (κ1) is 14.2. The van der Waals surface area contributed by atoms with Crippen molar-refractivity contribution in [2.24, 2.45) is 0 Å². The van der Waals surface area contributed by atoms with E-state index in [1.165, 1.54) is 0 Å². The molecule has 4 nitrogen and oxygen atoms in total. The summed E-state index contributed by atoms with van der Waals surface area (Å²) >= 11 is 1.57. The molecule has 23 heavy (non-hydrogen) atoms. The van der Waals surface area contributed by atoms with Crippen LogP contribution in [0.15, 0.2) is 42.5 Å². The Morgan fingerprint density at radius 2 is 2.04 bits per heavy atom. The molecule has 2 heterocycles. The number of thiazole rings is 1. The zero-order valence-corrected chi connectivity index (χ0v) is 13.8. The van der Waals surface area contributed by atoms with Gasteiger partial charge in [-0.3, -0.25) is 4.79 Å². The van der Waals surface area contributed by atoms with Gasteiger partial charge in [0.15, 0.2) is 0 Å². The van der Waals surface area contributed by atoms with Gasteiger partial charge in [-0.15, -0.1) is 11.3 Å². The Kier molecular flexibility index (Phi) is 3.31. The molecule has 1 atom stereocenters. The van der Waals surface area contributed by atoms with E-state index >= 15 is 0 Å². The van der Waals surface area contributed by atoms with E-state index in [0.717, 1.165) is 26.5 Å². The van der Waals surface area contributed by atoms with E-state index in [1.54, 1.807) is 11.3 Å². The summed E-state index contributed by atoms with van der Waals surface area (Å²) in [6.07, 6.45) is 0.641. The molecule has 0 saturated carbocycles. The standard InChI is InChI=1S/C18H16N2O2S/c1-20(2)12-8-7-11-9-13(18(21)22-15(11)10-12)17-19-14-5-3-4-6-16(14)23-17/h3-8,10,13H,9H2,1-2H3. The fourth-order valence-corrected chi connectivity index (χ4v) is 3.85. The number of anilines is 1. The molecule has 0 aliphatic carbocycles. The van der Waals surface area contributed by atoms with E-state index in [9.17, 15) is 4.79 Å². The van der Waals surface area contributed by atoms with Crippen LogP contribution in [0.1, 0.15) is 16.5 Å². The van der Waals surface area contributed by atoms with E-state index in [2.05, 4.69) is 4.98 Å². The van der Waals surface area contributed by atoms with Crippen molar-refractivity contribution in [2.45, 2.75) is 12.3 Å². The van der Waals surface area contributed by atoms with Gasteiger partial charge in [0.05, 0.1) is 10.2 Å². The molecular formula is C18H16N2O2S. The van der Waals surface area contributed by atoms with Crippen molar-refractivity contribution < 1.29 is 9.53 Å². The molecule has 1 aliphatic heterocycles. The van der Waals surface area contributed by atoms with Crippen LogP contribution in [-0.2, 0) is 11.2 Å². The van der Waals surface area contributed by atoms with Crippen molar-refractivity contribution >= 4 is 33.2 Å². The zero-order chi connectivity index (χ0) is 16.0. The summed E-state index contributed by atoms with van der Waals surface area (Å²) in [5.41, 5.74) is 3.02. The van der Waals surface area contributed by atoms with E-state index in [0.29, 0.717) is 12.2 Å². The number of hydrogen-bond donors (Lipinski definition) is 0. The number of fused-ring (bicyclic) bond motifs is 2. The number of carbonyl (C=O) groups is 1. The third-order valence-corrected chi connectivity index (χ3v) is 5.24. The average Bonchev–Trinajstić information content (AvgIpc) is 2.97. The highest BCUT2D eigenvalue weighted by Crippen LogP contribution is 2.37. The number of carbonyl (C=O) groups excluding carboxylic acids is 1. The summed E-state index contributed by atoms with van der Waals surface area (Å²) in [4.78, 5) is 19.1. The molecule has 0 fully saturated rings. The van der Waals surface area contributed by atoms with Crippen molar-refractivity contribution in [3.63, 3.8) is 0 Å². The highest BCUT2D eigenvalue weighted by Gasteiger charge is 2.32. The molecule has 1 unspecified atom stereocenters. The maximum atomic E-state index is 12.4. The molecule has 0 bridgehead atoms. The van der Waals surface area contributed by atoms with Gasteiger partial charge in [-0.25, -0.2) is 4.98 Å². The number of ether oxygens (including phenoxy) is 1. The number of nitrogens with zero attached hydrogens (tertiary/aromatic N) is 2. The van der Waals surface area contributed by atoms with E-state index in [4.69, 9.17) is 4.74 Å². The SMILES string of the molecule is CN(C)c1ccc2c(c1)OC(=O)C(c1nc3ccccc3s1)C2. The van der Waals surface area contributed by atoms with Crippen molar-refractivity contribution in [1.82, 2.24) is 4.98 Å². The van der Waals surface area contributed by atoms with Gasteiger partial charge in [0.25, 0.3) is 0 Å². The second-order valence-corrected chi connectivity index (χ2v) is 6.95. The van der Waals surface area contributed by atoms with Crippen LogP contribution in [0.25, 0.3) is 10.2 Å². The van der Waals surface area contributed by atoms with Crippen LogP contribution >= 0.6 is 11.3 Å². The van der Waals surface area contributed by atoms with Crippen molar-refractivity contribution in [3.05, 3.63) is 53.0 Å². The second-order valence-electron chi connectivity index (χ2n) is 5.88. The predicted molar refractivity (Wildman–Crippen MR) is 92.5 cm³/mol. The van der Waals surface area contributed by atoms with Crippen LogP contribution < -0.4 is 9.64 Å². The minimum absolute atomic E-state index is 0.215. The fraction of sp³-hybridized carbons (Fsp3) is 0.222. The maximum absolute atomic E-state index is 12.4. The fourth-order valence-electron chi connectivity index (χ4n) is 2.80. The number of benzene rings is 2. The molecule has 0 amide bonds. The molecule has 116 valence electrons. The minimum Gasteiger partial charge on any atom is -0.426 e. The Morgan fingerprint density at radius 3 is 2.83 bits per heavy atom. The third-order valence-electron chi connectivity index (χ3n) is 4.09.